The maximum Gasteiger partial charge on any atom is 0.270 e. The van der Waals surface area contributed by atoms with Gasteiger partial charge in [0.2, 0.25) is 0 Å². The van der Waals surface area contributed by atoms with Crippen LogP contribution in [0.25, 0.3) is 6.08 Å². The van der Waals surface area contributed by atoms with E-state index < -0.39 is 0 Å². The smallest absolute Gasteiger partial charge is 0.270 e. The number of rotatable bonds is 8. The van der Waals surface area contributed by atoms with Gasteiger partial charge in [0.1, 0.15) is 12.4 Å². The molecule has 0 saturated carbocycles. The molecule has 0 spiro atoms. The number of anilines is 1. The van der Waals surface area contributed by atoms with Crippen molar-refractivity contribution in [2.75, 3.05) is 18.6 Å². The second-order valence-electron chi connectivity index (χ2n) is 7.50. The summed E-state index contributed by atoms with van der Waals surface area (Å²) < 4.78 is 18.5. The molecular formula is C26H20Cl2INO4S2. The van der Waals surface area contributed by atoms with Crippen molar-refractivity contribution in [1.29, 1.82) is 0 Å². The molecule has 3 aromatic carbocycles. The summed E-state index contributed by atoms with van der Waals surface area (Å²) in [6.45, 7) is 2.61. The normalized spacial score (nSPS) is 14.5. The summed E-state index contributed by atoms with van der Waals surface area (Å²) in [5.41, 5.74) is 2.30. The topological polar surface area (TPSA) is 48.0 Å². The Balaban J connectivity index is 1.59. The van der Waals surface area contributed by atoms with Crippen molar-refractivity contribution in [2.24, 2.45) is 0 Å². The number of carbonyl (C=O) groups excluding carboxylic acids is 1. The Morgan fingerprint density at radius 2 is 1.83 bits per heavy atom. The Morgan fingerprint density at radius 3 is 2.50 bits per heavy atom. The number of thiocarbonyl (C=S) groups is 1. The zero-order chi connectivity index (χ0) is 25.8. The lowest BCUT2D eigenvalue weighted by atomic mass is 10.1. The number of nitrogens with zero attached hydrogens (tertiary/aromatic N) is 1. The molecule has 1 amide bonds. The second-order valence-corrected chi connectivity index (χ2v) is 11.2. The fourth-order valence-electron chi connectivity index (χ4n) is 3.44. The zero-order valence-electron chi connectivity index (χ0n) is 19.2. The van der Waals surface area contributed by atoms with E-state index in [9.17, 15) is 4.79 Å². The minimum Gasteiger partial charge on any atom is -0.497 e. The third-order valence-electron chi connectivity index (χ3n) is 5.14. The largest absolute Gasteiger partial charge is 0.497 e. The average molecular weight is 672 g/mol. The van der Waals surface area contributed by atoms with Gasteiger partial charge in [0.05, 0.1) is 27.9 Å². The average Bonchev–Trinajstić information content (AvgIpc) is 3.12. The standard InChI is InChI=1S/C26H20Cl2INO4S2/c1-3-33-22-11-15(10-21(29)24(22)34-14-16-4-5-17(27)13-20(16)28)12-23-25(31)30(26(35)36-23)18-6-8-19(32-2)9-7-18/h4-13H,3,14H2,1-2H3/b23-12-. The first-order valence-electron chi connectivity index (χ1n) is 10.8. The molecule has 10 heteroatoms. The molecule has 0 atom stereocenters. The van der Waals surface area contributed by atoms with E-state index in [1.807, 2.05) is 43.3 Å². The van der Waals surface area contributed by atoms with E-state index in [0.29, 0.717) is 48.8 Å². The van der Waals surface area contributed by atoms with Crippen molar-refractivity contribution >= 4 is 91.8 Å². The zero-order valence-corrected chi connectivity index (χ0v) is 24.5. The Bertz CT molecular complexity index is 1350. The number of thioether (sulfide) groups is 1. The highest BCUT2D eigenvalue weighted by Crippen LogP contribution is 2.39. The highest BCUT2D eigenvalue weighted by atomic mass is 127. The van der Waals surface area contributed by atoms with E-state index in [0.717, 1.165) is 14.7 Å². The van der Waals surface area contributed by atoms with Crippen molar-refractivity contribution in [3.8, 4) is 17.2 Å². The SMILES string of the molecule is CCOc1cc(/C=C2\SC(=S)N(c3ccc(OC)cc3)C2=O)cc(I)c1OCc1ccc(Cl)cc1Cl. The molecule has 5 nitrogen and oxygen atoms in total. The molecule has 0 N–H and O–H groups in total. The van der Waals surface area contributed by atoms with Crippen LogP contribution in [0, 0.1) is 3.57 Å². The van der Waals surface area contributed by atoms with Crippen molar-refractivity contribution in [3.63, 3.8) is 0 Å². The van der Waals surface area contributed by atoms with Gasteiger partial charge in [-0.2, -0.15) is 0 Å². The molecule has 3 aromatic rings. The van der Waals surface area contributed by atoms with Crippen LogP contribution in [0.3, 0.4) is 0 Å². The van der Waals surface area contributed by atoms with Gasteiger partial charge in [-0.3, -0.25) is 9.69 Å². The molecule has 4 rings (SSSR count). The Hall–Kier alpha value is -1.98. The number of benzene rings is 3. The summed E-state index contributed by atoms with van der Waals surface area (Å²) in [7, 11) is 1.60. The van der Waals surface area contributed by atoms with Crippen molar-refractivity contribution in [1.82, 2.24) is 0 Å². The van der Waals surface area contributed by atoms with E-state index in [-0.39, 0.29) is 12.5 Å². The molecule has 1 aliphatic rings. The van der Waals surface area contributed by atoms with Crippen LogP contribution >= 0.6 is 69.8 Å². The molecule has 1 aliphatic heterocycles. The van der Waals surface area contributed by atoms with E-state index >= 15 is 0 Å². The number of hydrogen-bond donors (Lipinski definition) is 0. The maximum atomic E-state index is 13.2. The summed E-state index contributed by atoms with van der Waals surface area (Å²) >= 11 is 21.2. The highest BCUT2D eigenvalue weighted by molar-refractivity contribution is 14.1. The molecule has 1 saturated heterocycles. The van der Waals surface area contributed by atoms with Gasteiger partial charge in [0.15, 0.2) is 15.8 Å². The third kappa shape index (κ3) is 6.11. The Kier molecular flexibility index (Phi) is 9.05. The molecule has 1 heterocycles. The summed E-state index contributed by atoms with van der Waals surface area (Å²) in [4.78, 5) is 15.2. The van der Waals surface area contributed by atoms with Gasteiger partial charge in [-0.25, -0.2) is 0 Å². The van der Waals surface area contributed by atoms with Gasteiger partial charge in [-0.05, 0) is 89.7 Å². The number of hydrogen-bond acceptors (Lipinski definition) is 6. The van der Waals surface area contributed by atoms with Gasteiger partial charge in [0, 0.05) is 15.6 Å². The lowest BCUT2D eigenvalue weighted by Gasteiger charge is -2.16. The maximum absolute atomic E-state index is 13.2. The molecule has 186 valence electrons. The van der Waals surface area contributed by atoms with Crippen LogP contribution in [-0.4, -0.2) is 23.9 Å². The van der Waals surface area contributed by atoms with Gasteiger partial charge in [-0.1, -0.05) is 53.2 Å². The van der Waals surface area contributed by atoms with Crippen LogP contribution in [0.5, 0.6) is 17.2 Å². The Morgan fingerprint density at radius 1 is 1.08 bits per heavy atom. The summed E-state index contributed by atoms with van der Waals surface area (Å²) in [6.07, 6.45) is 1.81. The predicted molar refractivity (Wildman–Crippen MR) is 160 cm³/mol. The monoisotopic (exact) mass is 671 g/mol. The molecule has 0 aliphatic carbocycles. The van der Waals surface area contributed by atoms with Crippen molar-refractivity contribution in [3.05, 3.63) is 84.2 Å². The lowest BCUT2D eigenvalue weighted by Crippen LogP contribution is -2.27. The van der Waals surface area contributed by atoms with Crippen LogP contribution in [0.4, 0.5) is 5.69 Å². The van der Waals surface area contributed by atoms with E-state index in [2.05, 4.69) is 22.6 Å². The summed E-state index contributed by atoms with van der Waals surface area (Å²) in [5, 5.41) is 1.10. The lowest BCUT2D eigenvalue weighted by molar-refractivity contribution is -0.113. The fourth-order valence-corrected chi connectivity index (χ4v) is 5.98. The predicted octanol–water partition coefficient (Wildman–Crippen LogP) is 7.99. The number of ether oxygens (including phenoxy) is 3. The van der Waals surface area contributed by atoms with Gasteiger partial charge < -0.3 is 14.2 Å². The molecule has 36 heavy (non-hydrogen) atoms. The van der Waals surface area contributed by atoms with E-state index in [1.54, 1.807) is 31.4 Å². The molecule has 1 fully saturated rings. The van der Waals surface area contributed by atoms with Crippen LogP contribution in [0.2, 0.25) is 10.0 Å². The molecule has 0 unspecified atom stereocenters. The third-order valence-corrected chi connectivity index (χ3v) is 7.83. The Labute approximate surface area is 242 Å². The fraction of sp³-hybridized carbons (Fsp3) is 0.154. The van der Waals surface area contributed by atoms with Gasteiger partial charge in [-0.15, -0.1) is 0 Å². The van der Waals surface area contributed by atoms with E-state index in [1.165, 1.54) is 16.7 Å². The minimum absolute atomic E-state index is 0.180. The summed E-state index contributed by atoms with van der Waals surface area (Å²) in [6, 6.07) is 16.3. The van der Waals surface area contributed by atoms with Crippen LogP contribution < -0.4 is 19.1 Å². The van der Waals surface area contributed by atoms with Crippen LogP contribution in [0.15, 0.2) is 59.5 Å². The second kappa shape index (κ2) is 12.0. The van der Waals surface area contributed by atoms with Gasteiger partial charge >= 0.3 is 0 Å². The van der Waals surface area contributed by atoms with Crippen LogP contribution in [-0.2, 0) is 11.4 Å². The first-order chi connectivity index (χ1) is 17.3. The number of methoxy groups -OCH3 is 1. The minimum atomic E-state index is -0.180. The van der Waals surface area contributed by atoms with Crippen molar-refractivity contribution in [2.45, 2.75) is 13.5 Å². The first-order valence-corrected chi connectivity index (χ1v) is 13.8. The summed E-state index contributed by atoms with van der Waals surface area (Å²) in [5.74, 6) is 1.71. The number of halogens is 3. The molecular weight excluding hydrogens is 652 g/mol. The van der Waals surface area contributed by atoms with E-state index in [4.69, 9.17) is 49.6 Å². The number of carbonyl (C=O) groups is 1. The van der Waals surface area contributed by atoms with Crippen LogP contribution in [0.1, 0.15) is 18.1 Å². The molecule has 0 aromatic heterocycles. The molecule has 0 bridgehead atoms. The molecule has 0 radical (unpaired) electrons. The number of amides is 1. The van der Waals surface area contributed by atoms with Gasteiger partial charge in [0.25, 0.3) is 5.91 Å². The quantitative estimate of drug-likeness (QED) is 0.137. The van der Waals surface area contributed by atoms with Crippen molar-refractivity contribution < 1.29 is 19.0 Å². The highest BCUT2D eigenvalue weighted by Gasteiger charge is 2.33. The first kappa shape index (κ1) is 27.1.